The maximum absolute atomic E-state index is 12.7. The summed E-state index contributed by atoms with van der Waals surface area (Å²) in [6.45, 7) is 12.4. The van der Waals surface area contributed by atoms with Crippen LogP contribution in [0.3, 0.4) is 0 Å². The van der Waals surface area contributed by atoms with Gasteiger partial charge in [0.25, 0.3) is 0 Å². The van der Waals surface area contributed by atoms with Gasteiger partial charge in [-0.15, -0.1) is 0 Å². The molecular formula is C48H80O19. The second kappa shape index (κ2) is 18.8. The first-order valence-corrected chi connectivity index (χ1v) is 24.8. The fourth-order valence-corrected chi connectivity index (χ4v) is 15.9. The Kier molecular flexibility index (Phi) is 14.6. The lowest BCUT2D eigenvalue weighted by molar-refractivity contribution is -0.391. The predicted molar refractivity (Wildman–Crippen MR) is 232 cm³/mol. The van der Waals surface area contributed by atoms with Gasteiger partial charge in [0.1, 0.15) is 79.0 Å². The van der Waals surface area contributed by atoms with Gasteiger partial charge in [0.2, 0.25) is 0 Å². The lowest BCUT2D eigenvalue weighted by Gasteiger charge is -2.64. The molecule has 0 radical (unpaired) electrons. The van der Waals surface area contributed by atoms with E-state index in [9.17, 15) is 66.1 Å². The third-order valence-electron chi connectivity index (χ3n) is 19.6. The molecule has 3 saturated heterocycles. The van der Waals surface area contributed by atoms with Crippen LogP contribution >= 0.6 is 0 Å². The summed E-state index contributed by atoms with van der Waals surface area (Å²) in [5.41, 5.74) is -1.66. The SMILES string of the molecule is CC(C)C(=O)CCC(C)C1C(O)CC2(C)C3CCC4C(C)(C)C(OC5OC(CO)C(O)C(O)C5OC5OC(CO)C(O)C(OC6OC(CO)C(O)C(O)C6O)C5O)CCC45CC35CC(O)C12C. The monoisotopic (exact) mass is 961 g/mol. The van der Waals surface area contributed by atoms with Crippen molar-refractivity contribution in [3.05, 3.63) is 0 Å². The molecule has 8 rings (SSSR count). The van der Waals surface area contributed by atoms with Gasteiger partial charge in [0.15, 0.2) is 18.9 Å². The van der Waals surface area contributed by atoms with Crippen molar-refractivity contribution in [2.75, 3.05) is 19.8 Å². The highest BCUT2D eigenvalue weighted by Gasteiger charge is 2.84. The highest BCUT2D eigenvalue weighted by atomic mass is 16.8. The van der Waals surface area contributed by atoms with Crippen molar-refractivity contribution >= 4 is 5.78 Å². The normalized spacial score (nSPS) is 54.1. The van der Waals surface area contributed by atoms with Crippen molar-refractivity contribution in [1.29, 1.82) is 0 Å². The standard InChI is InChI=1S/C48H80O19/c1-20(2)22(52)9-8-21(3)31-23(53)14-45(6)28-11-10-27-44(4,5)30(12-13-47(27)19-48(28,47)15-29(54)46(31,45)7)65-43-40(36(59)33(56)25(17-50)64-43)67-42-38(61)39(34(57)26(18-51)63-42)66-41-37(60)35(58)32(55)24(16-49)62-41/h20-21,23-43,49-51,53-61H,8-19H2,1-7H3. The number of Topliss-reactive ketones (excluding diaryl/α,β-unsaturated/α-hetero) is 1. The fraction of sp³-hybridized carbons (Fsp3) is 0.979. The molecule has 8 aliphatic rings. The van der Waals surface area contributed by atoms with Gasteiger partial charge >= 0.3 is 0 Å². The first-order chi connectivity index (χ1) is 31.4. The number of carbonyl (C=O) groups excluding carboxylic acids is 1. The summed E-state index contributed by atoms with van der Waals surface area (Å²) in [5, 5.41) is 131. The summed E-state index contributed by atoms with van der Waals surface area (Å²) >= 11 is 0. The third-order valence-corrected chi connectivity index (χ3v) is 19.6. The molecule has 0 aromatic carbocycles. The summed E-state index contributed by atoms with van der Waals surface area (Å²) in [4.78, 5) is 12.7. The van der Waals surface area contributed by atoms with Crippen LogP contribution in [0.25, 0.3) is 0 Å². The summed E-state index contributed by atoms with van der Waals surface area (Å²) < 4.78 is 36.1. The van der Waals surface area contributed by atoms with Crippen LogP contribution in [0.15, 0.2) is 0 Å². The smallest absolute Gasteiger partial charge is 0.187 e. The van der Waals surface area contributed by atoms with Crippen molar-refractivity contribution in [2.45, 2.75) is 217 Å². The Morgan fingerprint density at radius 2 is 1.16 bits per heavy atom. The van der Waals surface area contributed by atoms with Crippen molar-refractivity contribution in [2.24, 2.45) is 56.7 Å². The quantitative estimate of drug-likeness (QED) is 0.0914. The first-order valence-electron chi connectivity index (χ1n) is 24.8. The van der Waals surface area contributed by atoms with Crippen LogP contribution in [0.4, 0.5) is 0 Å². The van der Waals surface area contributed by atoms with Gasteiger partial charge in [-0.3, -0.25) is 4.79 Å². The topological polar surface area (TPSA) is 315 Å². The molecule has 5 saturated carbocycles. The van der Waals surface area contributed by atoms with Crippen LogP contribution in [0.2, 0.25) is 0 Å². The van der Waals surface area contributed by atoms with E-state index < -0.39 is 141 Å². The molecule has 0 bridgehead atoms. The number of hydrogen-bond donors (Lipinski definition) is 12. The third kappa shape index (κ3) is 8.04. The van der Waals surface area contributed by atoms with Crippen LogP contribution in [0.5, 0.6) is 0 Å². The second-order valence-electron chi connectivity index (χ2n) is 23.3. The minimum atomic E-state index is -1.94. The first kappa shape index (κ1) is 52.3. The molecule has 0 aromatic heterocycles. The van der Waals surface area contributed by atoms with Gasteiger partial charge in [-0.05, 0) is 96.7 Å². The van der Waals surface area contributed by atoms with E-state index in [0.717, 1.165) is 25.7 Å². The van der Waals surface area contributed by atoms with Crippen LogP contribution in [0, 0.1) is 56.7 Å². The van der Waals surface area contributed by atoms with Crippen LogP contribution in [-0.2, 0) is 33.2 Å². The van der Waals surface area contributed by atoms with E-state index in [1.807, 2.05) is 13.8 Å². The Morgan fingerprint density at radius 3 is 1.78 bits per heavy atom. The Labute approximate surface area is 392 Å². The number of ketones is 1. The van der Waals surface area contributed by atoms with E-state index in [2.05, 4.69) is 34.6 Å². The number of hydrogen-bond acceptors (Lipinski definition) is 19. The minimum Gasteiger partial charge on any atom is -0.394 e. The fourth-order valence-electron chi connectivity index (χ4n) is 15.9. The number of rotatable bonds is 14. The molecule has 12 N–H and O–H groups in total. The van der Waals surface area contributed by atoms with E-state index >= 15 is 0 Å². The summed E-state index contributed by atoms with van der Waals surface area (Å²) in [7, 11) is 0. The molecule has 0 amide bonds. The molecule has 67 heavy (non-hydrogen) atoms. The van der Waals surface area contributed by atoms with Gasteiger partial charge in [-0.25, -0.2) is 0 Å². The van der Waals surface area contributed by atoms with Crippen molar-refractivity contribution < 1.29 is 94.5 Å². The molecule has 3 aliphatic heterocycles. The van der Waals surface area contributed by atoms with Crippen LogP contribution < -0.4 is 0 Å². The molecule has 0 aromatic rings. The number of ether oxygens (including phenoxy) is 6. The summed E-state index contributed by atoms with van der Waals surface area (Å²) in [6.07, 6.45) is -20.6. The van der Waals surface area contributed by atoms with Crippen LogP contribution in [0.1, 0.15) is 106 Å². The molecule has 26 atom stereocenters. The maximum Gasteiger partial charge on any atom is 0.187 e. The Morgan fingerprint density at radius 1 is 0.612 bits per heavy atom. The van der Waals surface area contributed by atoms with E-state index in [1.165, 1.54) is 0 Å². The largest absolute Gasteiger partial charge is 0.394 e. The molecular weight excluding hydrogens is 881 g/mol. The van der Waals surface area contributed by atoms with Gasteiger partial charge in [-0.1, -0.05) is 48.5 Å². The zero-order chi connectivity index (χ0) is 49.1. The average Bonchev–Trinajstić information content (AvgIpc) is 3.88. The van der Waals surface area contributed by atoms with Crippen molar-refractivity contribution in [3.8, 4) is 0 Å². The molecule has 19 nitrogen and oxygen atoms in total. The number of fused-ring (bicyclic) bond motifs is 2. The Bertz CT molecular complexity index is 1750. The van der Waals surface area contributed by atoms with E-state index in [0.29, 0.717) is 32.1 Å². The summed E-state index contributed by atoms with van der Waals surface area (Å²) in [6, 6.07) is 0. The lowest BCUT2D eigenvalue weighted by Crippen LogP contribution is -2.67. The molecule has 386 valence electrons. The van der Waals surface area contributed by atoms with Gasteiger partial charge in [0.05, 0.1) is 38.1 Å². The van der Waals surface area contributed by atoms with Gasteiger partial charge in [-0.2, -0.15) is 0 Å². The maximum atomic E-state index is 12.7. The molecule has 5 aliphatic carbocycles. The number of carbonyl (C=O) groups is 1. The van der Waals surface area contributed by atoms with Crippen molar-refractivity contribution in [3.63, 3.8) is 0 Å². The zero-order valence-electron chi connectivity index (χ0n) is 40.0. The van der Waals surface area contributed by atoms with E-state index in [-0.39, 0.29) is 51.6 Å². The molecule has 3 heterocycles. The number of aliphatic hydroxyl groups excluding tert-OH is 12. The molecule has 26 unspecified atom stereocenters. The zero-order valence-corrected chi connectivity index (χ0v) is 40.0. The predicted octanol–water partition coefficient (Wildman–Crippen LogP) is -1.16. The van der Waals surface area contributed by atoms with Crippen LogP contribution in [-0.4, -0.2) is 197 Å². The molecule has 19 heteroatoms. The highest BCUT2D eigenvalue weighted by molar-refractivity contribution is 5.80. The average molecular weight is 961 g/mol. The Hall–Kier alpha value is -1.05. The second-order valence-corrected chi connectivity index (χ2v) is 23.3. The van der Waals surface area contributed by atoms with E-state index in [4.69, 9.17) is 28.4 Å². The Balaban J connectivity index is 1.00. The summed E-state index contributed by atoms with van der Waals surface area (Å²) in [5.74, 6) is 0.456. The highest BCUT2D eigenvalue weighted by Crippen LogP contribution is 2.89. The lowest BCUT2D eigenvalue weighted by atomic mass is 9.41. The van der Waals surface area contributed by atoms with E-state index in [1.54, 1.807) is 0 Å². The van der Waals surface area contributed by atoms with Gasteiger partial charge in [0, 0.05) is 17.8 Å². The minimum absolute atomic E-state index is 0.0473. The molecule has 8 fully saturated rings. The molecule has 2 spiro atoms. The van der Waals surface area contributed by atoms with Crippen molar-refractivity contribution in [1.82, 2.24) is 0 Å². The number of aliphatic hydroxyl groups is 12. The van der Waals surface area contributed by atoms with Gasteiger partial charge < -0.3 is 89.7 Å².